The summed E-state index contributed by atoms with van der Waals surface area (Å²) in [6, 6.07) is 11.0. The number of hydrogen-bond donors (Lipinski definition) is 1. The van der Waals surface area contributed by atoms with Gasteiger partial charge in [-0.25, -0.2) is 4.57 Å². The monoisotopic (exact) mass is 257 g/mol. The van der Waals surface area contributed by atoms with E-state index in [-0.39, 0.29) is 5.91 Å². The van der Waals surface area contributed by atoms with Crippen molar-refractivity contribution in [3.63, 3.8) is 0 Å². The number of amides is 1. The van der Waals surface area contributed by atoms with Crippen molar-refractivity contribution in [3.05, 3.63) is 59.9 Å². The summed E-state index contributed by atoms with van der Waals surface area (Å²) in [6.45, 7) is 0.520. The van der Waals surface area contributed by atoms with Gasteiger partial charge in [0.05, 0.1) is 7.11 Å². The molecule has 0 saturated carbocycles. The number of rotatable bonds is 4. The van der Waals surface area contributed by atoms with E-state index in [0.717, 1.165) is 11.3 Å². The van der Waals surface area contributed by atoms with Crippen LogP contribution in [0.5, 0.6) is 5.75 Å². The first-order chi connectivity index (χ1) is 9.19. The largest absolute Gasteiger partial charge is 0.497 e. The number of nitrogens with one attached hydrogen (secondary N) is 1. The number of nitrogens with zero attached hydrogens (tertiary/aromatic N) is 1. The van der Waals surface area contributed by atoms with E-state index in [4.69, 9.17) is 4.74 Å². The summed E-state index contributed by atoms with van der Waals surface area (Å²) in [4.78, 5) is 11.9. The molecule has 0 atom stereocenters. The lowest BCUT2D eigenvalue weighted by atomic mass is 10.2. The van der Waals surface area contributed by atoms with E-state index < -0.39 is 0 Å². The van der Waals surface area contributed by atoms with Crippen LogP contribution in [0.2, 0.25) is 0 Å². The van der Waals surface area contributed by atoms with E-state index in [1.54, 1.807) is 31.4 Å². The van der Waals surface area contributed by atoms with E-state index in [9.17, 15) is 4.79 Å². The van der Waals surface area contributed by atoms with Gasteiger partial charge in [-0.3, -0.25) is 4.79 Å². The summed E-state index contributed by atoms with van der Waals surface area (Å²) >= 11 is 0. The van der Waals surface area contributed by atoms with Crippen molar-refractivity contribution >= 4 is 5.91 Å². The first kappa shape index (κ1) is 13.1. The standard InChI is InChI=1S/C15H16N2O2/c1-17-9-7-12(8-10-17)11-16-15(18)13-3-5-14(19-2)6-4-13/h3-10H,11H2,1-2H3/p+1. The lowest BCUT2D eigenvalue weighted by Crippen LogP contribution is -2.27. The molecule has 2 rings (SSSR count). The molecule has 0 saturated heterocycles. The minimum absolute atomic E-state index is 0.0871. The number of carbonyl (C=O) groups excluding carboxylic acids is 1. The molecule has 1 heterocycles. The first-order valence-corrected chi connectivity index (χ1v) is 6.05. The molecule has 0 bridgehead atoms. The summed E-state index contributed by atoms with van der Waals surface area (Å²) < 4.78 is 7.01. The zero-order valence-electron chi connectivity index (χ0n) is 11.1. The van der Waals surface area contributed by atoms with Crippen molar-refractivity contribution in [2.24, 2.45) is 7.05 Å². The van der Waals surface area contributed by atoms with Crippen LogP contribution in [0.4, 0.5) is 0 Å². The fourth-order valence-electron chi connectivity index (χ4n) is 1.68. The van der Waals surface area contributed by atoms with Crippen LogP contribution >= 0.6 is 0 Å². The van der Waals surface area contributed by atoms with Crippen LogP contribution in [0.3, 0.4) is 0 Å². The van der Waals surface area contributed by atoms with Crippen molar-refractivity contribution in [2.75, 3.05) is 7.11 Å². The summed E-state index contributed by atoms with van der Waals surface area (Å²) in [7, 11) is 3.56. The number of aryl methyl sites for hydroxylation is 1. The Morgan fingerprint density at radius 2 is 1.79 bits per heavy atom. The highest BCUT2D eigenvalue weighted by molar-refractivity contribution is 5.94. The molecule has 4 heteroatoms. The molecule has 19 heavy (non-hydrogen) atoms. The number of aromatic nitrogens is 1. The second-order valence-electron chi connectivity index (χ2n) is 4.28. The van der Waals surface area contributed by atoms with E-state index >= 15 is 0 Å². The van der Waals surface area contributed by atoms with Crippen molar-refractivity contribution in [3.8, 4) is 5.75 Å². The summed E-state index contributed by atoms with van der Waals surface area (Å²) in [5, 5.41) is 2.88. The Bertz CT molecular complexity index is 547. The second kappa shape index (κ2) is 6.00. The van der Waals surface area contributed by atoms with Gasteiger partial charge in [-0.1, -0.05) is 0 Å². The molecule has 4 nitrogen and oxygen atoms in total. The number of methoxy groups -OCH3 is 1. The minimum atomic E-state index is -0.0871. The maximum atomic E-state index is 11.9. The lowest BCUT2D eigenvalue weighted by Gasteiger charge is -2.05. The average molecular weight is 257 g/mol. The zero-order chi connectivity index (χ0) is 13.7. The van der Waals surface area contributed by atoms with Gasteiger partial charge in [-0.05, 0) is 29.8 Å². The van der Waals surface area contributed by atoms with Crippen molar-refractivity contribution in [1.82, 2.24) is 5.32 Å². The highest BCUT2D eigenvalue weighted by Gasteiger charge is 2.05. The van der Waals surface area contributed by atoms with Crippen LogP contribution in [-0.2, 0) is 13.6 Å². The summed E-state index contributed by atoms with van der Waals surface area (Å²) in [6.07, 6.45) is 3.91. The van der Waals surface area contributed by atoms with E-state index in [2.05, 4.69) is 5.32 Å². The number of hydrogen-bond acceptors (Lipinski definition) is 2. The van der Waals surface area contributed by atoms with Gasteiger partial charge in [0, 0.05) is 24.2 Å². The predicted molar refractivity (Wildman–Crippen MR) is 71.8 cm³/mol. The topological polar surface area (TPSA) is 42.2 Å². The molecule has 98 valence electrons. The fraction of sp³-hybridized carbons (Fsp3) is 0.200. The van der Waals surface area contributed by atoms with Crippen molar-refractivity contribution in [1.29, 1.82) is 0 Å². The molecule has 2 aromatic rings. The fourth-order valence-corrected chi connectivity index (χ4v) is 1.68. The molecule has 0 aliphatic rings. The van der Waals surface area contributed by atoms with Gasteiger partial charge in [0.2, 0.25) is 0 Å². The van der Waals surface area contributed by atoms with Crippen LogP contribution in [-0.4, -0.2) is 13.0 Å². The zero-order valence-corrected chi connectivity index (χ0v) is 11.1. The third-order valence-corrected chi connectivity index (χ3v) is 2.85. The van der Waals surface area contributed by atoms with E-state index in [1.807, 2.05) is 36.1 Å². The van der Waals surface area contributed by atoms with Gasteiger partial charge >= 0.3 is 0 Å². The number of ether oxygens (including phenoxy) is 1. The van der Waals surface area contributed by atoms with Crippen LogP contribution in [0.15, 0.2) is 48.8 Å². The van der Waals surface area contributed by atoms with E-state index in [1.165, 1.54) is 0 Å². The Balaban J connectivity index is 1.95. The Kier molecular flexibility index (Phi) is 4.13. The average Bonchev–Trinajstić information content (AvgIpc) is 2.46. The maximum absolute atomic E-state index is 11.9. The third-order valence-electron chi connectivity index (χ3n) is 2.85. The predicted octanol–water partition coefficient (Wildman–Crippen LogP) is 1.45. The van der Waals surface area contributed by atoms with Gasteiger partial charge in [0.15, 0.2) is 12.4 Å². The summed E-state index contributed by atoms with van der Waals surface area (Å²) in [5.74, 6) is 0.656. The molecule has 0 unspecified atom stereocenters. The number of carbonyl (C=O) groups is 1. The highest BCUT2D eigenvalue weighted by Crippen LogP contribution is 2.11. The number of pyridine rings is 1. The Hall–Kier alpha value is -2.36. The highest BCUT2D eigenvalue weighted by atomic mass is 16.5. The van der Waals surface area contributed by atoms with Gasteiger partial charge in [-0.2, -0.15) is 0 Å². The SMILES string of the molecule is COc1ccc(C(=O)NCc2cc[n+](C)cc2)cc1. The van der Waals surface area contributed by atoms with Gasteiger partial charge in [0.25, 0.3) is 5.91 Å². The normalized spacial score (nSPS) is 10.0. The van der Waals surface area contributed by atoms with Gasteiger partial charge in [-0.15, -0.1) is 0 Å². The maximum Gasteiger partial charge on any atom is 0.251 e. The van der Waals surface area contributed by atoms with Crippen LogP contribution in [0.1, 0.15) is 15.9 Å². The molecule has 1 amide bonds. The van der Waals surface area contributed by atoms with Gasteiger partial charge < -0.3 is 10.1 Å². The molecule has 0 fully saturated rings. The number of benzene rings is 1. The molecule has 1 aromatic heterocycles. The van der Waals surface area contributed by atoms with Crippen molar-refractivity contribution < 1.29 is 14.1 Å². The smallest absolute Gasteiger partial charge is 0.251 e. The van der Waals surface area contributed by atoms with Gasteiger partial charge in [0.1, 0.15) is 12.8 Å². The Labute approximate surface area is 112 Å². The molecule has 0 spiro atoms. The molecule has 1 N–H and O–H groups in total. The molecule has 0 aliphatic heterocycles. The Morgan fingerprint density at radius 3 is 2.37 bits per heavy atom. The molecular formula is C15H17N2O2+. The third kappa shape index (κ3) is 3.55. The molecular weight excluding hydrogens is 240 g/mol. The van der Waals surface area contributed by atoms with Crippen LogP contribution in [0.25, 0.3) is 0 Å². The quantitative estimate of drug-likeness (QED) is 0.842. The lowest BCUT2D eigenvalue weighted by molar-refractivity contribution is -0.671. The molecule has 0 radical (unpaired) electrons. The first-order valence-electron chi connectivity index (χ1n) is 6.05. The Morgan fingerprint density at radius 1 is 1.16 bits per heavy atom. The molecule has 1 aromatic carbocycles. The van der Waals surface area contributed by atoms with E-state index in [0.29, 0.717) is 12.1 Å². The van der Waals surface area contributed by atoms with Crippen molar-refractivity contribution in [2.45, 2.75) is 6.54 Å². The minimum Gasteiger partial charge on any atom is -0.497 e. The second-order valence-corrected chi connectivity index (χ2v) is 4.28. The van der Waals surface area contributed by atoms with Crippen LogP contribution in [0, 0.1) is 0 Å². The molecule has 0 aliphatic carbocycles. The van der Waals surface area contributed by atoms with Crippen LogP contribution < -0.4 is 14.6 Å². The summed E-state index contributed by atoms with van der Waals surface area (Å²) in [5.41, 5.74) is 1.70.